The van der Waals surface area contributed by atoms with E-state index < -0.39 is 0 Å². The summed E-state index contributed by atoms with van der Waals surface area (Å²) in [7, 11) is 4.85. The number of nitrogens with two attached hydrogens (primary N) is 1. The third-order valence-corrected chi connectivity index (χ3v) is 5.13. The van der Waals surface area contributed by atoms with E-state index in [9.17, 15) is 0 Å². The average Bonchev–Trinajstić information content (AvgIpc) is 3.27. The van der Waals surface area contributed by atoms with Crippen molar-refractivity contribution in [3.63, 3.8) is 0 Å². The summed E-state index contributed by atoms with van der Waals surface area (Å²) in [5, 5.41) is 4.44. The Morgan fingerprint density at radius 3 is 2.28 bits per heavy atom. The van der Waals surface area contributed by atoms with E-state index in [1.54, 1.807) is 32.0 Å². The van der Waals surface area contributed by atoms with E-state index in [2.05, 4.69) is 5.10 Å². The third-order valence-electron chi connectivity index (χ3n) is 5.13. The van der Waals surface area contributed by atoms with E-state index in [0.717, 1.165) is 34.5 Å². The first kappa shape index (κ1) is 21.5. The van der Waals surface area contributed by atoms with Crippen LogP contribution in [0, 0.1) is 0 Å². The minimum absolute atomic E-state index is 0.543. The molecular weight excluding hydrogens is 408 g/mol. The van der Waals surface area contributed by atoms with Crippen molar-refractivity contribution >= 4 is 5.65 Å². The Morgan fingerprint density at radius 2 is 1.53 bits per heavy atom. The molecule has 0 amide bonds. The average molecular weight is 434 g/mol. The third kappa shape index (κ3) is 4.17. The molecule has 0 unspecified atom stereocenters. The normalized spacial score (nSPS) is 10.9. The highest BCUT2D eigenvalue weighted by Gasteiger charge is 2.14. The molecule has 0 bridgehead atoms. The number of aromatic nitrogens is 3. The molecule has 8 nitrogen and oxygen atoms in total. The standard InChI is InChI=1S/C24H26N4O4/c1-29-20-7-5-16(13-22(20)30-2)18-15-26-28-11-9-19(27-24(18)28)17-6-8-21(23(14-17)31-3)32-12-4-10-25/h5-9,11,13-15H,4,10,12,25H2,1-3H3. The van der Waals surface area contributed by atoms with Crippen LogP contribution in [0.4, 0.5) is 0 Å². The molecule has 0 saturated carbocycles. The second-order valence-electron chi connectivity index (χ2n) is 7.07. The lowest BCUT2D eigenvalue weighted by atomic mass is 10.1. The van der Waals surface area contributed by atoms with E-state index in [-0.39, 0.29) is 0 Å². The van der Waals surface area contributed by atoms with Gasteiger partial charge in [0.2, 0.25) is 0 Å². The van der Waals surface area contributed by atoms with Crippen LogP contribution >= 0.6 is 0 Å². The molecular formula is C24H26N4O4. The predicted octanol–water partition coefficient (Wildman–Crippen LogP) is 3.82. The van der Waals surface area contributed by atoms with Crippen molar-refractivity contribution in [1.29, 1.82) is 0 Å². The maximum atomic E-state index is 5.77. The summed E-state index contributed by atoms with van der Waals surface area (Å²) < 4.78 is 23.8. The molecule has 2 N–H and O–H groups in total. The number of fused-ring (bicyclic) bond motifs is 1. The molecule has 166 valence electrons. The molecule has 2 aromatic carbocycles. The highest BCUT2D eigenvalue weighted by molar-refractivity contribution is 5.80. The van der Waals surface area contributed by atoms with E-state index in [4.69, 9.17) is 29.7 Å². The largest absolute Gasteiger partial charge is 0.493 e. The number of nitrogens with zero attached hydrogens (tertiary/aromatic N) is 3. The fraction of sp³-hybridized carbons (Fsp3) is 0.250. The highest BCUT2D eigenvalue weighted by Crippen LogP contribution is 2.35. The second kappa shape index (κ2) is 9.57. The Morgan fingerprint density at radius 1 is 0.844 bits per heavy atom. The van der Waals surface area contributed by atoms with Crippen LogP contribution in [0.25, 0.3) is 28.0 Å². The summed E-state index contributed by atoms with van der Waals surface area (Å²) >= 11 is 0. The first-order valence-electron chi connectivity index (χ1n) is 10.3. The molecule has 32 heavy (non-hydrogen) atoms. The minimum atomic E-state index is 0.543. The van der Waals surface area contributed by atoms with Gasteiger partial charge in [0, 0.05) is 17.3 Å². The van der Waals surface area contributed by atoms with Gasteiger partial charge >= 0.3 is 0 Å². The van der Waals surface area contributed by atoms with Crippen molar-refractivity contribution in [3.8, 4) is 45.4 Å². The van der Waals surface area contributed by atoms with E-state index in [1.807, 2.05) is 48.7 Å². The lowest BCUT2D eigenvalue weighted by molar-refractivity contribution is 0.291. The quantitative estimate of drug-likeness (QED) is 0.400. The summed E-state index contributed by atoms with van der Waals surface area (Å²) in [6.07, 6.45) is 4.46. The summed E-state index contributed by atoms with van der Waals surface area (Å²) in [4.78, 5) is 4.88. The van der Waals surface area contributed by atoms with Crippen LogP contribution in [0.1, 0.15) is 6.42 Å². The molecule has 0 saturated heterocycles. The fourth-order valence-corrected chi connectivity index (χ4v) is 3.45. The van der Waals surface area contributed by atoms with Gasteiger partial charge in [0.25, 0.3) is 0 Å². The first-order valence-corrected chi connectivity index (χ1v) is 10.3. The first-order chi connectivity index (χ1) is 15.7. The zero-order valence-corrected chi connectivity index (χ0v) is 18.4. The molecule has 4 aromatic rings. The molecule has 2 aromatic heterocycles. The number of methoxy groups -OCH3 is 3. The van der Waals surface area contributed by atoms with Crippen LogP contribution in [-0.2, 0) is 0 Å². The minimum Gasteiger partial charge on any atom is -0.493 e. The van der Waals surface area contributed by atoms with Crippen molar-refractivity contribution < 1.29 is 18.9 Å². The van der Waals surface area contributed by atoms with Gasteiger partial charge in [-0.05, 0) is 54.9 Å². The van der Waals surface area contributed by atoms with Crippen molar-refractivity contribution in [3.05, 3.63) is 54.9 Å². The van der Waals surface area contributed by atoms with Crippen molar-refractivity contribution in [2.24, 2.45) is 5.73 Å². The number of ether oxygens (including phenoxy) is 4. The molecule has 8 heteroatoms. The number of benzene rings is 2. The maximum Gasteiger partial charge on any atom is 0.163 e. The molecule has 0 aliphatic rings. The van der Waals surface area contributed by atoms with Crippen LogP contribution in [0.5, 0.6) is 23.0 Å². The SMILES string of the molecule is COc1ccc(-c2cnn3ccc(-c4ccc(OCCCN)c(OC)c4)nc23)cc1OC. The predicted molar refractivity (Wildman–Crippen MR) is 123 cm³/mol. The van der Waals surface area contributed by atoms with Crippen molar-refractivity contribution in [2.75, 3.05) is 34.5 Å². The van der Waals surface area contributed by atoms with Gasteiger partial charge < -0.3 is 24.7 Å². The number of hydrogen-bond donors (Lipinski definition) is 1. The summed E-state index contributed by atoms with van der Waals surface area (Å²) in [5.74, 6) is 2.65. The van der Waals surface area contributed by atoms with Crippen molar-refractivity contribution in [2.45, 2.75) is 6.42 Å². The Bertz CT molecular complexity index is 1220. The van der Waals surface area contributed by atoms with Gasteiger partial charge in [-0.15, -0.1) is 0 Å². The Labute approximate surface area is 186 Å². The van der Waals surface area contributed by atoms with Crippen LogP contribution in [-0.4, -0.2) is 49.1 Å². The number of rotatable bonds is 9. The zero-order valence-electron chi connectivity index (χ0n) is 18.4. The van der Waals surface area contributed by atoms with Crippen LogP contribution < -0.4 is 24.7 Å². The van der Waals surface area contributed by atoms with Gasteiger partial charge in [-0.1, -0.05) is 6.07 Å². The molecule has 4 rings (SSSR count). The Kier molecular flexibility index (Phi) is 6.42. The monoisotopic (exact) mass is 434 g/mol. The molecule has 0 fully saturated rings. The molecule has 0 radical (unpaired) electrons. The lowest BCUT2D eigenvalue weighted by Crippen LogP contribution is -2.06. The molecule has 0 atom stereocenters. The van der Waals surface area contributed by atoms with Crippen LogP contribution in [0.3, 0.4) is 0 Å². The van der Waals surface area contributed by atoms with Crippen LogP contribution in [0.15, 0.2) is 54.9 Å². The van der Waals surface area contributed by atoms with E-state index >= 15 is 0 Å². The highest BCUT2D eigenvalue weighted by atomic mass is 16.5. The Hall–Kier alpha value is -3.78. The van der Waals surface area contributed by atoms with Gasteiger partial charge in [0.05, 0.1) is 39.8 Å². The van der Waals surface area contributed by atoms with Crippen molar-refractivity contribution in [1.82, 2.24) is 14.6 Å². The second-order valence-corrected chi connectivity index (χ2v) is 7.07. The van der Waals surface area contributed by atoms with Gasteiger partial charge in [0.15, 0.2) is 28.6 Å². The fourth-order valence-electron chi connectivity index (χ4n) is 3.45. The van der Waals surface area contributed by atoms with Gasteiger partial charge in [-0.2, -0.15) is 5.10 Å². The van der Waals surface area contributed by atoms with Gasteiger partial charge in [-0.3, -0.25) is 0 Å². The lowest BCUT2D eigenvalue weighted by Gasteiger charge is -2.12. The topological polar surface area (TPSA) is 93.1 Å². The van der Waals surface area contributed by atoms with E-state index in [1.165, 1.54) is 0 Å². The molecule has 2 heterocycles. The molecule has 0 spiro atoms. The smallest absolute Gasteiger partial charge is 0.163 e. The van der Waals surface area contributed by atoms with E-state index in [0.29, 0.717) is 36.1 Å². The summed E-state index contributed by atoms with van der Waals surface area (Å²) in [5.41, 5.74) is 9.81. The van der Waals surface area contributed by atoms with Gasteiger partial charge in [-0.25, -0.2) is 9.50 Å². The summed E-state index contributed by atoms with van der Waals surface area (Å²) in [6, 6.07) is 13.4. The maximum absolute atomic E-state index is 5.77. The summed E-state index contributed by atoms with van der Waals surface area (Å²) in [6.45, 7) is 1.12. The zero-order chi connectivity index (χ0) is 22.5. The number of hydrogen-bond acceptors (Lipinski definition) is 7. The van der Waals surface area contributed by atoms with Gasteiger partial charge in [0.1, 0.15) is 0 Å². The Balaban J connectivity index is 1.72. The molecule has 0 aliphatic heterocycles. The van der Waals surface area contributed by atoms with Crippen LogP contribution in [0.2, 0.25) is 0 Å². The molecule has 0 aliphatic carbocycles.